The third kappa shape index (κ3) is 4.08. The Morgan fingerprint density at radius 3 is 2.55 bits per heavy atom. The summed E-state index contributed by atoms with van der Waals surface area (Å²) < 4.78 is 39.9. The molecular weight excluding hydrogens is 385 g/mol. The first-order valence-corrected chi connectivity index (χ1v) is 8.76. The summed E-state index contributed by atoms with van der Waals surface area (Å²) in [7, 11) is 3.04. The van der Waals surface area contributed by atoms with Gasteiger partial charge in [-0.25, -0.2) is 9.78 Å². The SMILES string of the molecule is CC(c1nc2ccccc2c(=O)n1C)N(C)C(=O)Nc1cccc(C(F)(F)F)c1. The fraction of sp³-hybridized carbons (Fsp3) is 0.250. The van der Waals surface area contributed by atoms with Crippen molar-refractivity contribution in [1.82, 2.24) is 14.5 Å². The summed E-state index contributed by atoms with van der Waals surface area (Å²) in [5.74, 6) is 0.357. The number of para-hydroxylation sites is 1. The first-order chi connectivity index (χ1) is 13.6. The maximum Gasteiger partial charge on any atom is 0.416 e. The number of carbonyl (C=O) groups excluding carboxylic acids is 1. The number of nitrogens with zero attached hydrogens (tertiary/aromatic N) is 3. The minimum absolute atomic E-state index is 0.0178. The number of urea groups is 1. The van der Waals surface area contributed by atoms with Crippen LogP contribution in [0.3, 0.4) is 0 Å². The van der Waals surface area contributed by atoms with E-state index in [1.807, 2.05) is 0 Å². The van der Waals surface area contributed by atoms with E-state index in [1.54, 1.807) is 38.2 Å². The van der Waals surface area contributed by atoms with Crippen molar-refractivity contribution in [2.45, 2.75) is 19.1 Å². The monoisotopic (exact) mass is 404 g/mol. The van der Waals surface area contributed by atoms with Gasteiger partial charge in [0.1, 0.15) is 5.82 Å². The van der Waals surface area contributed by atoms with Gasteiger partial charge in [0.2, 0.25) is 0 Å². The van der Waals surface area contributed by atoms with Crippen molar-refractivity contribution in [2.24, 2.45) is 7.05 Å². The van der Waals surface area contributed by atoms with Crippen LogP contribution in [0.15, 0.2) is 53.3 Å². The summed E-state index contributed by atoms with van der Waals surface area (Å²) in [6.07, 6.45) is -4.51. The molecule has 152 valence electrons. The molecule has 2 aromatic carbocycles. The molecule has 1 aromatic heterocycles. The summed E-state index contributed by atoms with van der Waals surface area (Å²) >= 11 is 0. The lowest BCUT2D eigenvalue weighted by Gasteiger charge is -2.26. The molecule has 0 saturated heterocycles. The molecule has 0 bridgehead atoms. The van der Waals surface area contributed by atoms with Crippen molar-refractivity contribution in [3.8, 4) is 0 Å². The number of aromatic nitrogens is 2. The molecule has 0 spiro atoms. The van der Waals surface area contributed by atoms with Gasteiger partial charge in [0.05, 0.1) is 22.5 Å². The van der Waals surface area contributed by atoms with E-state index in [4.69, 9.17) is 0 Å². The zero-order chi connectivity index (χ0) is 21.3. The second-order valence-electron chi connectivity index (χ2n) is 6.65. The highest BCUT2D eigenvalue weighted by atomic mass is 19.4. The second-order valence-corrected chi connectivity index (χ2v) is 6.65. The van der Waals surface area contributed by atoms with Crippen LogP contribution in [0, 0.1) is 0 Å². The van der Waals surface area contributed by atoms with Crippen LogP contribution >= 0.6 is 0 Å². The van der Waals surface area contributed by atoms with Crippen molar-refractivity contribution in [3.05, 3.63) is 70.3 Å². The van der Waals surface area contributed by atoms with E-state index in [0.29, 0.717) is 16.7 Å². The highest BCUT2D eigenvalue weighted by Gasteiger charge is 2.30. The Hall–Kier alpha value is -3.36. The molecule has 1 atom stereocenters. The highest BCUT2D eigenvalue weighted by Crippen LogP contribution is 2.30. The minimum atomic E-state index is -4.51. The number of amides is 2. The van der Waals surface area contributed by atoms with Crippen LogP contribution in [-0.2, 0) is 13.2 Å². The van der Waals surface area contributed by atoms with Gasteiger partial charge in [-0.3, -0.25) is 9.36 Å². The molecule has 0 aliphatic heterocycles. The van der Waals surface area contributed by atoms with E-state index in [9.17, 15) is 22.8 Å². The van der Waals surface area contributed by atoms with Gasteiger partial charge >= 0.3 is 12.2 Å². The van der Waals surface area contributed by atoms with Crippen molar-refractivity contribution in [1.29, 1.82) is 0 Å². The van der Waals surface area contributed by atoms with Crippen LogP contribution in [0.5, 0.6) is 0 Å². The van der Waals surface area contributed by atoms with E-state index in [0.717, 1.165) is 12.1 Å². The normalized spacial score (nSPS) is 12.6. The number of rotatable bonds is 3. The lowest BCUT2D eigenvalue weighted by molar-refractivity contribution is -0.137. The molecule has 3 rings (SSSR count). The molecule has 0 radical (unpaired) electrons. The predicted molar refractivity (Wildman–Crippen MR) is 104 cm³/mol. The van der Waals surface area contributed by atoms with Crippen molar-refractivity contribution < 1.29 is 18.0 Å². The molecule has 9 heteroatoms. The predicted octanol–water partition coefficient (Wildman–Crippen LogP) is 4.18. The van der Waals surface area contributed by atoms with Crippen molar-refractivity contribution in [2.75, 3.05) is 12.4 Å². The Bertz CT molecular complexity index is 1120. The van der Waals surface area contributed by atoms with Crippen LogP contribution in [-0.4, -0.2) is 27.5 Å². The summed E-state index contributed by atoms with van der Waals surface area (Å²) in [5.41, 5.74) is -0.581. The lowest BCUT2D eigenvalue weighted by Crippen LogP contribution is -2.37. The molecule has 0 saturated carbocycles. The van der Waals surface area contributed by atoms with Crippen LogP contribution in [0.25, 0.3) is 10.9 Å². The molecule has 29 heavy (non-hydrogen) atoms. The third-order valence-corrected chi connectivity index (χ3v) is 4.73. The number of nitrogens with one attached hydrogen (secondary N) is 1. The Morgan fingerprint density at radius 1 is 1.17 bits per heavy atom. The van der Waals surface area contributed by atoms with Crippen LogP contribution in [0.1, 0.15) is 24.4 Å². The number of fused-ring (bicyclic) bond motifs is 1. The molecule has 0 aliphatic carbocycles. The Morgan fingerprint density at radius 2 is 1.86 bits per heavy atom. The van der Waals surface area contributed by atoms with Gasteiger partial charge in [-0.1, -0.05) is 18.2 Å². The number of alkyl halides is 3. The van der Waals surface area contributed by atoms with Gasteiger partial charge in [-0.2, -0.15) is 13.2 Å². The maximum absolute atomic E-state index is 12.9. The number of hydrogen-bond acceptors (Lipinski definition) is 3. The molecule has 2 amide bonds. The first kappa shape index (κ1) is 20.4. The third-order valence-electron chi connectivity index (χ3n) is 4.73. The van der Waals surface area contributed by atoms with E-state index in [1.165, 1.54) is 28.6 Å². The van der Waals surface area contributed by atoms with Crippen molar-refractivity contribution >= 4 is 22.6 Å². The van der Waals surface area contributed by atoms with Gasteiger partial charge in [0, 0.05) is 19.8 Å². The van der Waals surface area contributed by atoms with Gasteiger partial charge in [0.25, 0.3) is 5.56 Å². The van der Waals surface area contributed by atoms with Crippen molar-refractivity contribution in [3.63, 3.8) is 0 Å². The molecule has 3 aromatic rings. The summed E-state index contributed by atoms with van der Waals surface area (Å²) in [6, 6.07) is 10.0. The molecular formula is C20H19F3N4O2. The Balaban J connectivity index is 1.86. The topological polar surface area (TPSA) is 67.2 Å². The first-order valence-electron chi connectivity index (χ1n) is 8.76. The van der Waals surface area contributed by atoms with Crippen LogP contribution in [0.2, 0.25) is 0 Å². The van der Waals surface area contributed by atoms with Gasteiger partial charge in [-0.15, -0.1) is 0 Å². The number of anilines is 1. The molecule has 1 N–H and O–H groups in total. The molecule has 1 unspecified atom stereocenters. The molecule has 0 aliphatic rings. The number of benzene rings is 2. The molecule has 1 heterocycles. The summed E-state index contributed by atoms with van der Waals surface area (Å²) in [6.45, 7) is 1.68. The zero-order valence-corrected chi connectivity index (χ0v) is 16.0. The number of halogens is 3. The average Bonchev–Trinajstić information content (AvgIpc) is 2.69. The summed E-state index contributed by atoms with van der Waals surface area (Å²) in [4.78, 5) is 30.9. The van der Waals surface area contributed by atoms with E-state index in [2.05, 4.69) is 10.3 Å². The summed E-state index contributed by atoms with van der Waals surface area (Å²) in [5, 5.41) is 2.91. The molecule has 0 fully saturated rings. The second kappa shape index (κ2) is 7.57. The van der Waals surface area contributed by atoms with Crippen LogP contribution in [0.4, 0.5) is 23.7 Å². The van der Waals surface area contributed by atoms with E-state index in [-0.39, 0.29) is 11.2 Å². The number of hydrogen-bond donors (Lipinski definition) is 1. The fourth-order valence-electron chi connectivity index (χ4n) is 2.94. The van der Waals surface area contributed by atoms with Gasteiger partial charge in [-0.05, 0) is 37.3 Å². The Labute approximate surface area is 164 Å². The quantitative estimate of drug-likeness (QED) is 0.712. The smallest absolute Gasteiger partial charge is 0.318 e. The minimum Gasteiger partial charge on any atom is -0.318 e. The zero-order valence-electron chi connectivity index (χ0n) is 16.0. The van der Waals surface area contributed by atoms with Gasteiger partial charge < -0.3 is 10.2 Å². The highest BCUT2D eigenvalue weighted by molar-refractivity contribution is 5.89. The van der Waals surface area contributed by atoms with E-state index < -0.39 is 23.8 Å². The largest absolute Gasteiger partial charge is 0.416 e. The molecule has 6 nitrogen and oxygen atoms in total. The maximum atomic E-state index is 12.9. The fourth-order valence-corrected chi connectivity index (χ4v) is 2.94. The Kier molecular flexibility index (Phi) is 5.32. The number of carbonyl (C=O) groups is 1. The van der Waals surface area contributed by atoms with Crippen LogP contribution < -0.4 is 10.9 Å². The standard InChI is InChI=1S/C20H19F3N4O2/c1-12(17-25-16-10-5-4-9-15(16)18(28)27(17)3)26(2)19(29)24-14-8-6-7-13(11-14)20(21,22)23/h4-12H,1-3H3,(H,24,29). The van der Waals surface area contributed by atoms with Gasteiger partial charge in [0.15, 0.2) is 0 Å². The van der Waals surface area contributed by atoms with E-state index >= 15 is 0 Å². The average molecular weight is 404 g/mol. The lowest BCUT2D eigenvalue weighted by atomic mass is 10.2.